The lowest BCUT2D eigenvalue weighted by atomic mass is 10.2. The first-order chi connectivity index (χ1) is 11.4. The molecule has 24 heavy (non-hydrogen) atoms. The standard InChI is InChI=1S/C15H16F3N5O/c1-10-9-22(8-7-19-10)14(24)12-13(15(16,17)18)23(21-20-12)11-5-3-2-4-6-11/h2-6,10,19H,7-9H2,1H3/t10-/m0/s1. The van der Waals surface area contributed by atoms with Crippen LogP contribution in [0.2, 0.25) is 0 Å². The molecule has 1 aromatic carbocycles. The number of hydrogen-bond donors (Lipinski definition) is 1. The number of carbonyl (C=O) groups excluding carboxylic acids is 1. The van der Waals surface area contributed by atoms with Crippen LogP contribution in [-0.4, -0.2) is 51.5 Å². The summed E-state index contributed by atoms with van der Waals surface area (Å²) in [6.07, 6.45) is -4.75. The van der Waals surface area contributed by atoms with Gasteiger partial charge in [0, 0.05) is 25.7 Å². The Morgan fingerprint density at radius 1 is 1.29 bits per heavy atom. The summed E-state index contributed by atoms with van der Waals surface area (Å²) in [7, 11) is 0. The van der Waals surface area contributed by atoms with Gasteiger partial charge < -0.3 is 10.2 Å². The number of carbonyl (C=O) groups is 1. The van der Waals surface area contributed by atoms with Crippen LogP contribution >= 0.6 is 0 Å². The van der Waals surface area contributed by atoms with Crippen LogP contribution in [0, 0.1) is 0 Å². The molecule has 1 aliphatic heterocycles. The van der Waals surface area contributed by atoms with Gasteiger partial charge in [-0.25, -0.2) is 4.68 Å². The molecule has 1 aliphatic rings. The van der Waals surface area contributed by atoms with Gasteiger partial charge in [-0.2, -0.15) is 13.2 Å². The van der Waals surface area contributed by atoms with Crippen LogP contribution in [0.4, 0.5) is 13.2 Å². The van der Waals surface area contributed by atoms with Crippen molar-refractivity contribution in [3.8, 4) is 5.69 Å². The van der Waals surface area contributed by atoms with Gasteiger partial charge in [0.15, 0.2) is 11.4 Å². The number of amides is 1. The summed E-state index contributed by atoms with van der Waals surface area (Å²) in [5.74, 6) is -0.752. The smallest absolute Gasteiger partial charge is 0.334 e. The highest BCUT2D eigenvalue weighted by atomic mass is 19.4. The minimum absolute atomic E-state index is 0.0150. The third-order valence-corrected chi connectivity index (χ3v) is 3.80. The monoisotopic (exact) mass is 339 g/mol. The molecule has 6 nitrogen and oxygen atoms in total. The van der Waals surface area contributed by atoms with Crippen molar-refractivity contribution in [2.24, 2.45) is 0 Å². The fourth-order valence-electron chi connectivity index (χ4n) is 2.70. The number of halogens is 3. The lowest BCUT2D eigenvalue weighted by Crippen LogP contribution is -2.51. The molecule has 0 bridgehead atoms. The van der Waals surface area contributed by atoms with Crippen molar-refractivity contribution in [3.63, 3.8) is 0 Å². The SMILES string of the molecule is C[C@H]1CN(C(=O)c2nnn(-c3ccccc3)c2C(F)(F)F)CCN1. The molecule has 0 aliphatic carbocycles. The number of para-hydroxylation sites is 1. The summed E-state index contributed by atoms with van der Waals surface area (Å²) < 4.78 is 41.3. The Morgan fingerprint density at radius 3 is 2.62 bits per heavy atom. The maximum Gasteiger partial charge on any atom is 0.435 e. The van der Waals surface area contributed by atoms with Crippen molar-refractivity contribution >= 4 is 5.91 Å². The first-order valence-corrected chi connectivity index (χ1v) is 7.49. The van der Waals surface area contributed by atoms with Gasteiger partial charge in [-0.3, -0.25) is 4.79 Å². The molecule has 128 valence electrons. The topological polar surface area (TPSA) is 63.1 Å². The van der Waals surface area contributed by atoms with Crippen molar-refractivity contribution in [3.05, 3.63) is 41.7 Å². The van der Waals surface area contributed by atoms with Crippen LogP contribution in [0.3, 0.4) is 0 Å². The zero-order valence-corrected chi connectivity index (χ0v) is 12.9. The molecule has 1 N–H and O–H groups in total. The maximum absolute atomic E-state index is 13.5. The molecular weight excluding hydrogens is 323 g/mol. The number of hydrogen-bond acceptors (Lipinski definition) is 4. The van der Waals surface area contributed by atoms with Gasteiger partial charge in [-0.05, 0) is 19.1 Å². The second-order valence-corrected chi connectivity index (χ2v) is 5.64. The fourth-order valence-corrected chi connectivity index (χ4v) is 2.70. The van der Waals surface area contributed by atoms with Gasteiger partial charge in [0.2, 0.25) is 0 Å². The molecule has 0 unspecified atom stereocenters. The zero-order valence-electron chi connectivity index (χ0n) is 12.9. The number of benzene rings is 1. The van der Waals surface area contributed by atoms with Crippen LogP contribution in [0.15, 0.2) is 30.3 Å². The van der Waals surface area contributed by atoms with E-state index in [-0.39, 0.29) is 11.7 Å². The Labute approximate surface area is 136 Å². The molecule has 1 aromatic heterocycles. The number of nitrogens with one attached hydrogen (secondary N) is 1. The largest absolute Gasteiger partial charge is 0.435 e. The van der Waals surface area contributed by atoms with Gasteiger partial charge in [-0.1, -0.05) is 23.4 Å². The van der Waals surface area contributed by atoms with Gasteiger partial charge >= 0.3 is 6.18 Å². The highest BCUT2D eigenvalue weighted by Crippen LogP contribution is 2.33. The van der Waals surface area contributed by atoms with E-state index in [2.05, 4.69) is 15.6 Å². The van der Waals surface area contributed by atoms with Crippen molar-refractivity contribution in [2.45, 2.75) is 19.1 Å². The lowest BCUT2D eigenvalue weighted by molar-refractivity contribution is -0.143. The normalized spacial score (nSPS) is 18.7. The molecule has 0 saturated carbocycles. The molecule has 1 amide bonds. The van der Waals surface area contributed by atoms with E-state index in [1.165, 1.54) is 17.0 Å². The second-order valence-electron chi connectivity index (χ2n) is 5.64. The van der Waals surface area contributed by atoms with Crippen LogP contribution in [0.1, 0.15) is 23.1 Å². The quantitative estimate of drug-likeness (QED) is 0.905. The number of piperazine rings is 1. The number of alkyl halides is 3. The Kier molecular flexibility index (Phi) is 4.27. The molecule has 2 heterocycles. The van der Waals surface area contributed by atoms with E-state index in [0.717, 1.165) is 0 Å². The molecular formula is C15H16F3N5O. The minimum atomic E-state index is -4.75. The Morgan fingerprint density at radius 2 is 2.00 bits per heavy atom. The molecule has 3 rings (SSSR count). The van der Waals surface area contributed by atoms with Gasteiger partial charge in [0.05, 0.1) is 5.69 Å². The summed E-state index contributed by atoms with van der Waals surface area (Å²) in [5.41, 5.74) is -1.62. The summed E-state index contributed by atoms with van der Waals surface area (Å²) >= 11 is 0. The molecule has 0 spiro atoms. The van der Waals surface area contributed by atoms with E-state index in [4.69, 9.17) is 0 Å². The van der Waals surface area contributed by atoms with Gasteiger partial charge in [0.1, 0.15) is 0 Å². The number of rotatable bonds is 2. The Bertz CT molecular complexity index is 728. The van der Waals surface area contributed by atoms with Crippen LogP contribution in [-0.2, 0) is 6.18 Å². The molecule has 2 aromatic rings. The molecule has 1 fully saturated rings. The van der Waals surface area contributed by atoms with Crippen LogP contribution < -0.4 is 5.32 Å². The van der Waals surface area contributed by atoms with Gasteiger partial charge in [-0.15, -0.1) is 5.10 Å². The fraction of sp³-hybridized carbons (Fsp3) is 0.400. The molecule has 1 saturated heterocycles. The van der Waals surface area contributed by atoms with E-state index >= 15 is 0 Å². The number of aromatic nitrogens is 3. The first kappa shape index (κ1) is 16.4. The van der Waals surface area contributed by atoms with Crippen molar-refractivity contribution in [2.75, 3.05) is 19.6 Å². The van der Waals surface area contributed by atoms with Gasteiger partial charge in [0.25, 0.3) is 5.91 Å². The third kappa shape index (κ3) is 3.12. The van der Waals surface area contributed by atoms with Crippen molar-refractivity contribution < 1.29 is 18.0 Å². The molecule has 9 heteroatoms. The first-order valence-electron chi connectivity index (χ1n) is 7.49. The predicted molar refractivity (Wildman–Crippen MR) is 79.7 cm³/mol. The van der Waals surface area contributed by atoms with Crippen molar-refractivity contribution in [1.82, 2.24) is 25.2 Å². The highest BCUT2D eigenvalue weighted by molar-refractivity contribution is 5.93. The maximum atomic E-state index is 13.5. The van der Waals surface area contributed by atoms with E-state index in [0.29, 0.717) is 24.3 Å². The second kappa shape index (κ2) is 6.23. The van der Waals surface area contributed by atoms with E-state index in [1.54, 1.807) is 18.2 Å². The summed E-state index contributed by atoms with van der Waals surface area (Å²) in [6, 6.07) is 7.84. The average molecular weight is 339 g/mol. The molecule has 0 radical (unpaired) electrons. The molecule has 1 atom stereocenters. The summed E-state index contributed by atoms with van der Waals surface area (Å²) in [5, 5.41) is 10.2. The van der Waals surface area contributed by atoms with E-state index < -0.39 is 23.5 Å². The minimum Gasteiger partial charge on any atom is -0.334 e. The average Bonchev–Trinajstić information content (AvgIpc) is 3.00. The number of nitrogens with zero attached hydrogens (tertiary/aromatic N) is 4. The van der Waals surface area contributed by atoms with Crippen LogP contribution in [0.25, 0.3) is 5.69 Å². The lowest BCUT2D eigenvalue weighted by Gasteiger charge is -2.31. The highest BCUT2D eigenvalue weighted by Gasteiger charge is 2.43. The van der Waals surface area contributed by atoms with E-state index in [9.17, 15) is 18.0 Å². The zero-order chi connectivity index (χ0) is 17.3. The van der Waals surface area contributed by atoms with E-state index in [1.807, 2.05) is 6.92 Å². The van der Waals surface area contributed by atoms with Crippen molar-refractivity contribution in [1.29, 1.82) is 0 Å². The summed E-state index contributed by atoms with van der Waals surface area (Å²) in [6.45, 7) is 3.05. The Hall–Kier alpha value is -2.42. The van der Waals surface area contributed by atoms with Crippen LogP contribution in [0.5, 0.6) is 0 Å². The third-order valence-electron chi connectivity index (χ3n) is 3.80. The Balaban J connectivity index is 2.02. The summed E-state index contributed by atoms with van der Waals surface area (Å²) in [4.78, 5) is 13.9. The predicted octanol–water partition coefficient (Wildman–Crippen LogP) is 1.72.